The molecule has 0 radical (unpaired) electrons. The standard InChI is InChI=1S/C16H19NO2/c1-3-12-8-9-16(14(17)10-12)19-11-13-6-4-5-7-15(13)18-2/h4-10H,3,11,17H2,1-2H3. The summed E-state index contributed by atoms with van der Waals surface area (Å²) >= 11 is 0. The molecule has 0 saturated heterocycles. The Kier molecular flexibility index (Phi) is 4.29. The van der Waals surface area contributed by atoms with Crippen LogP contribution in [0.4, 0.5) is 5.69 Å². The van der Waals surface area contributed by atoms with Gasteiger partial charge in [0.1, 0.15) is 18.1 Å². The predicted molar refractivity (Wildman–Crippen MR) is 77.6 cm³/mol. The van der Waals surface area contributed by atoms with Gasteiger partial charge < -0.3 is 15.2 Å². The van der Waals surface area contributed by atoms with Gasteiger partial charge in [-0.05, 0) is 30.2 Å². The van der Waals surface area contributed by atoms with Crippen molar-refractivity contribution in [1.29, 1.82) is 0 Å². The number of hydrogen-bond donors (Lipinski definition) is 1. The van der Waals surface area contributed by atoms with Gasteiger partial charge in [-0.1, -0.05) is 31.2 Å². The molecular weight excluding hydrogens is 238 g/mol. The zero-order chi connectivity index (χ0) is 13.7. The Hall–Kier alpha value is -2.16. The molecular formula is C16H19NO2. The van der Waals surface area contributed by atoms with E-state index < -0.39 is 0 Å². The SMILES string of the molecule is CCc1ccc(OCc2ccccc2OC)c(N)c1. The fraction of sp³-hybridized carbons (Fsp3) is 0.250. The minimum absolute atomic E-state index is 0.444. The van der Waals surface area contributed by atoms with Crippen LogP contribution in [0.1, 0.15) is 18.1 Å². The molecule has 0 aliphatic rings. The van der Waals surface area contributed by atoms with E-state index in [1.165, 1.54) is 5.56 Å². The molecule has 3 nitrogen and oxygen atoms in total. The molecule has 0 heterocycles. The average molecular weight is 257 g/mol. The Bertz CT molecular complexity index is 552. The Labute approximate surface area is 114 Å². The van der Waals surface area contributed by atoms with Gasteiger partial charge in [-0.25, -0.2) is 0 Å². The number of para-hydroxylation sites is 1. The Morgan fingerprint density at radius 3 is 2.53 bits per heavy atom. The first-order valence-electron chi connectivity index (χ1n) is 6.37. The topological polar surface area (TPSA) is 44.5 Å². The fourth-order valence-corrected chi connectivity index (χ4v) is 1.93. The minimum Gasteiger partial charge on any atom is -0.496 e. The highest BCUT2D eigenvalue weighted by Crippen LogP contribution is 2.25. The predicted octanol–water partition coefficient (Wildman–Crippen LogP) is 3.42. The van der Waals surface area contributed by atoms with Crippen molar-refractivity contribution in [2.75, 3.05) is 12.8 Å². The third-order valence-electron chi connectivity index (χ3n) is 3.06. The van der Waals surface area contributed by atoms with Crippen LogP contribution in [0, 0.1) is 0 Å². The van der Waals surface area contributed by atoms with Gasteiger partial charge in [-0.3, -0.25) is 0 Å². The second-order valence-electron chi connectivity index (χ2n) is 4.33. The van der Waals surface area contributed by atoms with E-state index in [1.54, 1.807) is 7.11 Å². The van der Waals surface area contributed by atoms with Gasteiger partial charge in [0.25, 0.3) is 0 Å². The van der Waals surface area contributed by atoms with Crippen LogP contribution >= 0.6 is 0 Å². The van der Waals surface area contributed by atoms with E-state index in [9.17, 15) is 0 Å². The van der Waals surface area contributed by atoms with Crippen LogP contribution in [0.15, 0.2) is 42.5 Å². The molecule has 2 rings (SSSR count). The lowest BCUT2D eigenvalue weighted by atomic mass is 10.1. The summed E-state index contributed by atoms with van der Waals surface area (Å²) in [6.45, 7) is 2.55. The van der Waals surface area contributed by atoms with Crippen LogP contribution in [-0.4, -0.2) is 7.11 Å². The second-order valence-corrected chi connectivity index (χ2v) is 4.33. The Morgan fingerprint density at radius 1 is 1.05 bits per heavy atom. The summed E-state index contributed by atoms with van der Waals surface area (Å²) in [6, 6.07) is 13.7. The van der Waals surface area contributed by atoms with Gasteiger partial charge in [-0.2, -0.15) is 0 Å². The number of nitrogens with two attached hydrogens (primary N) is 1. The van der Waals surface area contributed by atoms with Gasteiger partial charge in [-0.15, -0.1) is 0 Å². The van der Waals surface area contributed by atoms with Crippen molar-refractivity contribution >= 4 is 5.69 Å². The molecule has 2 aromatic rings. The van der Waals surface area contributed by atoms with Crippen LogP contribution in [0.5, 0.6) is 11.5 Å². The third kappa shape index (κ3) is 3.19. The molecule has 3 heteroatoms. The number of aryl methyl sites for hydroxylation is 1. The lowest BCUT2D eigenvalue weighted by Gasteiger charge is -2.12. The summed E-state index contributed by atoms with van der Waals surface area (Å²) in [5.74, 6) is 1.54. The van der Waals surface area contributed by atoms with Crippen molar-refractivity contribution < 1.29 is 9.47 Å². The first-order valence-corrected chi connectivity index (χ1v) is 6.37. The van der Waals surface area contributed by atoms with Gasteiger partial charge in [0, 0.05) is 5.56 Å². The molecule has 19 heavy (non-hydrogen) atoms. The first-order chi connectivity index (χ1) is 9.24. The molecule has 0 bridgehead atoms. The van der Waals surface area contributed by atoms with Crippen LogP contribution in [0.25, 0.3) is 0 Å². The van der Waals surface area contributed by atoms with Crippen molar-refractivity contribution in [1.82, 2.24) is 0 Å². The van der Waals surface area contributed by atoms with Gasteiger partial charge in [0.15, 0.2) is 0 Å². The van der Waals surface area contributed by atoms with Crippen LogP contribution < -0.4 is 15.2 Å². The molecule has 2 N–H and O–H groups in total. The molecule has 0 aromatic heterocycles. The largest absolute Gasteiger partial charge is 0.496 e. The highest BCUT2D eigenvalue weighted by atomic mass is 16.5. The quantitative estimate of drug-likeness (QED) is 0.835. The van der Waals surface area contributed by atoms with Gasteiger partial charge in [0.05, 0.1) is 12.8 Å². The molecule has 0 fully saturated rings. The Morgan fingerprint density at radius 2 is 1.84 bits per heavy atom. The van der Waals surface area contributed by atoms with Crippen LogP contribution in [0.2, 0.25) is 0 Å². The zero-order valence-corrected chi connectivity index (χ0v) is 11.3. The van der Waals surface area contributed by atoms with E-state index in [0.717, 1.165) is 17.7 Å². The summed E-state index contributed by atoms with van der Waals surface area (Å²) in [4.78, 5) is 0. The lowest BCUT2D eigenvalue weighted by Crippen LogP contribution is -2.01. The number of nitrogen functional groups attached to an aromatic ring is 1. The first kappa shape index (κ1) is 13.3. The van der Waals surface area contributed by atoms with Crippen LogP contribution in [0.3, 0.4) is 0 Å². The van der Waals surface area contributed by atoms with Crippen molar-refractivity contribution in [3.05, 3.63) is 53.6 Å². The highest BCUT2D eigenvalue weighted by molar-refractivity contribution is 5.54. The van der Waals surface area contributed by atoms with E-state index in [4.69, 9.17) is 15.2 Å². The number of rotatable bonds is 5. The lowest BCUT2D eigenvalue weighted by molar-refractivity contribution is 0.298. The van der Waals surface area contributed by atoms with Crippen molar-refractivity contribution in [2.24, 2.45) is 0 Å². The maximum absolute atomic E-state index is 5.98. The van der Waals surface area contributed by atoms with Crippen molar-refractivity contribution in [2.45, 2.75) is 20.0 Å². The number of ether oxygens (including phenoxy) is 2. The third-order valence-corrected chi connectivity index (χ3v) is 3.06. The molecule has 0 atom stereocenters. The summed E-state index contributed by atoms with van der Waals surface area (Å²) in [6.07, 6.45) is 0.969. The molecule has 0 amide bonds. The van der Waals surface area contributed by atoms with E-state index >= 15 is 0 Å². The monoisotopic (exact) mass is 257 g/mol. The number of benzene rings is 2. The van der Waals surface area contributed by atoms with E-state index in [2.05, 4.69) is 6.92 Å². The summed E-state index contributed by atoms with van der Waals surface area (Å²) < 4.78 is 11.0. The number of anilines is 1. The molecule has 0 aliphatic carbocycles. The van der Waals surface area contributed by atoms with Crippen molar-refractivity contribution in [3.63, 3.8) is 0 Å². The van der Waals surface area contributed by atoms with Crippen molar-refractivity contribution in [3.8, 4) is 11.5 Å². The minimum atomic E-state index is 0.444. The molecule has 0 aliphatic heterocycles. The molecule has 100 valence electrons. The molecule has 0 spiro atoms. The summed E-state index contributed by atoms with van der Waals surface area (Å²) in [5, 5.41) is 0. The van der Waals surface area contributed by atoms with E-state index in [-0.39, 0.29) is 0 Å². The van der Waals surface area contributed by atoms with Gasteiger partial charge >= 0.3 is 0 Å². The molecule has 0 saturated carbocycles. The summed E-state index contributed by atoms with van der Waals surface area (Å²) in [5.41, 5.74) is 8.86. The smallest absolute Gasteiger partial charge is 0.142 e. The highest BCUT2D eigenvalue weighted by Gasteiger charge is 2.05. The fourth-order valence-electron chi connectivity index (χ4n) is 1.93. The maximum Gasteiger partial charge on any atom is 0.142 e. The van der Waals surface area contributed by atoms with E-state index in [1.807, 2.05) is 42.5 Å². The normalized spacial score (nSPS) is 10.2. The average Bonchev–Trinajstić information content (AvgIpc) is 2.46. The number of hydrogen-bond acceptors (Lipinski definition) is 3. The molecule has 0 unspecified atom stereocenters. The zero-order valence-electron chi connectivity index (χ0n) is 11.3. The van der Waals surface area contributed by atoms with Gasteiger partial charge in [0.2, 0.25) is 0 Å². The number of methoxy groups -OCH3 is 1. The Balaban J connectivity index is 2.10. The summed E-state index contributed by atoms with van der Waals surface area (Å²) in [7, 11) is 1.66. The maximum atomic E-state index is 5.98. The molecule has 2 aromatic carbocycles. The van der Waals surface area contributed by atoms with Crippen LogP contribution in [-0.2, 0) is 13.0 Å². The van der Waals surface area contributed by atoms with E-state index in [0.29, 0.717) is 18.0 Å². The second kappa shape index (κ2) is 6.14.